The van der Waals surface area contributed by atoms with Crippen LogP contribution < -0.4 is 5.32 Å². The molecule has 0 unspecified atom stereocenters. The molecule has 1 aromatic heterocycles. The average Bonchev–Trinajstić information content (AvgIpc) is 3.05. The lowest BCUT2D eigenvalue weighted by atomic mass is 10.0. The molecule has 0 aliphatic heterocycles. The Kier molecular flexibility index (Phi) is 5.11. The smallest absolute Gasteiger partial charge is 0.244 e. The van der Waals surface area contributed by atoms with Gasteiger partial charge in [-0.25, -0.2) is 0 Å². The lowest BCUT2D eigenvalue weighted by Gasteiger charge is -2.15. The van der Waals surface area contributed by atoms with E-state index in [4.69, 9.17) is 0 Å². The summed E-state index contributed by atoms with van der Waals surface area (Å²) in [6.07, 6.45) is 0. The van der Waals surface area contributed by atoms with Crippen LogP contribution in [0.25, 0.3) is 11.4 Å². The number of aryl methyl sites for hydroxylation is 3. The second-order valence-electron chi connectivity index (χ2n) is 6.59. The Morgan fingerprint density at radius 1 is 1.08 bits per heavy atom. The zero-order valence-corrected chi connectivity index (χ0v) is 15.5. The fraction of sp³-hybridized carbons (Fsp3) is 0.300. The first-order valence-electron chi connectivity index (χ1n) is 8.64. The Hall–Kier alpha value is -3.02. The van der Waals surface area contributed by atoms with E-state index in [1.165, 1.54) is 15.9 Å². The van der Waals surface area contributed by atoms with Crippen molar-refractivity contribution < 1.29 is 4.79 Å². The fourth-order valence-corrected chi connectivity index (χ4v) is 2.77. The third-order valence-corrected chi connectivity index (χ3v) is 4.53. The molecule has 0 aliphatic rings. The minimum atomic E-state index is -0.149. The predicted octanol–water partition coefficient (Wildman–Crippen LogP) is 3.14. The van der Waals surface area contributed by atoms with Gasteiger partial charge in [-0.1, -0.05) is 42.5 Å². The van der Waals surface area contributed by atoms with Crippen LogP contribution >= 0.6 is 0 Å². The summed E-state index contributed by atoms with van der Waals surface area (Å²) >= 11 is 0. The normalized spacial score (nSPS) is 12.0. The Morgan fingerprint density at radius 2 is 1.85 bits per heavy atom. The van der Waals surface area contributed by atoms with Crippen molar-refractivity contribution in [2.45, 2.75) is 40.3 Å². The molecule has 0 saturated heterocycles. The van der Waals surface area contributed by atoms with Gasteiger partial charge < -0.3 is 5.32 Å². The maximum Gasteiger partial charge on any atom is 0.244 e. The number of nitrogens with zero attached hydrogens (tertiary/aromatic N) is 4. The van der Waals surface area contributed by atoms with E-state index in [0.29, 0.717) is 5.82 Å². The van der Waals surface area contributed by atoms with Gasteiger partial charge in [0.15, 0.2) is 0 Å². The number of hydrogen-bond donors (Lipinski definition) is 1. The Bertz CT molecular complexity index is 931. The lowest BCUT2D eigenvalue weighted by molar-refractivity contribution is -0.122. The molecule has 1 amide bonds. The van der Waals surface area contributed by atoms with Crippen LogP contribution in [-0.4, -0.2) is 26.1 Å². The van der Waals surface area contributed by atoms with Gasteiger partial charge in [0, 0.05) is 5.56 Å². The van der Waals surface area contributed by atoms with E-state index < -0.39 is 0 Å². The molecular formula is C20H23N5O. The lowest BCUT2D eigenvalue weighted by Crippen LogP contribution is -2.30. The monoisotopic (exact) mass is 349 g/mol. The summed E-state index contributed by atoms with van der Waals surface area (Å²) in [6, 6.07) is 14.0. The van der Waals surface area contributed by atoms with Crippen molar-refractivity contribution in [2.24, 2.45) is 0 Å². The summed E-state index contributed by atoms with van der Waals surface area (Å²) in [5, 5.41) is 15.4. The molecule has 3 rings (SSSR count). The third-order valence-electron chi connectivity index (χ3n) is 4.53. The van der Waals surface area contributed by atoms with Crippen molar-refractivity contribution in [3.05, 3.63) is 64.7 Å². The third kappa shape index (κ3) is 3.96. The second-order valence-corrected chi connectivity index (χ2v) is 6.59. The summed E-state index contributed by atoms with van der Waals surface area (Å²) in [7, 11) is 0. The molecule has 1 atom stereocenters. The number of hydrogen-bond acceptors (Lipinski definition) is 4. The molecule has 1 N–H and O–H groups in total. The molecule has 0 aliphatic carbocycles. The van der Waals surface area contributed by atoms with E-state index >= 15 is 0 Å². The van der Waals surface area contributed by atoms with E-state index in [-0.39, 0.29) is 18.5 Å². The van der Waals surface area contributed by atoms with Crippen LogP contribution in [0.5, 0.6) is 0 Å². The highest BCUT2D eigenvalue weighted by molar-refractivity contribution is 5.76. The highest BCUT2D eigenvalue weighted by Gasteiger charge is 2.14. The summed E-state index contributed by atoms with van der Waals surface area (Å²) in [5.41, 5.74) is 5.52. The molecule has 1 heterocycles. The average molecular weight is 349 g/mol. The number of carbonyl (C=O) groups is 1. The quantitative estimate of drug-likeness (QED) is 0.768. The van der Waals surface area contributed by atoms with E-state index in [1.807, 2.05) is 44.2 Å². The van der Waals surface area contributed by atoms with Crippen molar-refractivity contribution >= 4 is 5.91 Å². The number of benzene rings is 2. The minimum Gasteiger partial charge on any atom is -0.348 e. The number of rotatable bonds is 5. The summed E-state index contributed by atoms with van der Waals surface area (Å²) in [6.45, 7) is 8.14. The predicted molar refractivity (Wildman–Crippen MR) is 100 cm³/mol. The van der Waals surface area contributed by atoms with E-state index in [9.17, 15) is 4.79 Å². The van der Waals surface area contributed by atoms with Crippen LogP contribution in [0.15, 0.2) is 42.5 Å². The molecular weight excluding hydrogens is 326 g/mol. The maximum absolute atomic E-state index is 12.3. The summed E-state index contributed by atoms with van der Waals surface area (Å²) in [5.74, 6) is 0.377. The van der Waals surface area contributed by atoms with Gasteiger partial charge in [0.1, 0.15) is 6.54 Å². The molecule has 26 heavy (non-hydrogen) atoms. The number of aromatic nitrogens is 4. The number of carbonyl (C=O) groups excluding carboxylic acids is 1. The molecule has 3 aromatic rings. The topological polar surface area (TPSA) is 72.7 Å². The fourth-order valence-electron chi connectivity index (χ4n) is 2.77. The van der Waals surface area contributed by atoms with Gasteiger partial charge in [-0.05, 0) is 55.2 Å². The van der Waals surface area contributed by atoms with E-state index in [0.717, 1.165) is 16.7 Å². The zero-order valence-electron chi connectivity index (χ0n) is 15.5. The number of amides is 1. The Balaban J connectivity index is 1.65. The molecule has 134 valence electrons. The van der Waals surface area contributed by atoms with Crippen LogP contribution in [0.3, 0.4) is 0 Å². The zero-order chi connectivity index (χ0) is 18.7. The number of tetrazole rings is 1. The highest BCUT2D eigenvalue weighted by Crippen LogP contribution is 2.18. The summed E-state index contributed by atoms with van der Waals surface area (Å²) in [4.78, 5) is 13.6. The SMILES string of the molecule is Cc1ccc([C@@H](C)NC(=O)Cn2nnc(-c3ccccc3C)n2)cc1C. The van der Waals surface area contributed by atoms with Crippen LogP contribution in [0.2, 0.25) is 0 Å². The second kappa shape index (κ2) is 7.47. The van der Waals surface area contributed by atoms with Crippen LogP contribution in [0.4, 0.5) is 0 Å². The van der Waals surface area contributed by atoms with E-state index in [2.05, 4.69) is 46.7 Å². The van der Waals surface area contributed by atoms with E-state index in [1.54, 1.807) is 0 Å². The highest BCUT2D eigenvalue weighted by atomic mass is 16.2. The van der Waals surface area contributed by atoms with Gasteiger partial charge in [-0.3, -0.25) is 4.79 Å². The standard InChI is InChI=1S/C20H23N5O/c1-13-9-10-17(11-15(13)3)16(4)21-19(26)12-25-23-20(22-24-25)18-8-6-5-7-14(18)2/h5-11,16H,12H2,1-4H3,(H,21,26)/t16-/m1/s1. The first-order chi connectivity index (χ1) is 12.4. The van der Waals surface area contributed by atoms with Crippen molar-refractivity contribution in [3.8, 4) is 11.4 Å². The van der Waals surface area contributed by atoms with Crippen molar-refractivity contribution in [2.75, 3.05) is 0 Å². The van der Waals surface area contributed by atoms with Crippen molar-refractivity contribution in [1.29, 1.82) is 0 Å². The van der Waals surface area contributed by atoms with Crippen LogP contribution in [-0.2, 0) is 11.3 Å². The van der Waals surface area contributed by atoms with Gasteiger partial charge in [0.25, 0.3) is 0 Å². The molecule has 6 nitrogen and oxygen atoms in total. The van der Waals surface area contributed by atoms with Gasteiger partial charge >= 0.3 is 0 Å². The molecule has 0 saturated carbocycles. The summed E-state index contributed by atoms with van der Waals surface area (Å²) < 4.78 is 0. The van der Waals surface area contributed by atoms with Crippen molar-refractivity contribution in [3.63, 3.8) is 0 Å². The molecule has 2 aromatic carbocycles. The molecule has 0 fully saturated rings. The van der Waals surface area contributed by atoms with Gasteiger partial charge in [-0.15, -0.1) is 10.2 Å². The first kappa shape index (κ1) is 17.8. The molecule has 0 radical (unpaired) electrons. The molecule has 0 bridgehead atoms. The number of nitrogens with one attached hydrogen (secondary N) is 1. The minimum absolute atomic E-state index is 0.0358. The maximum atomic E-state index is 12.3. The first-order valence-corrected chi connectivity index (χ1v) is 8.64. The largest absolute Gasteiger partial charge is 0.348 e. The Labute approximate surface area is 153 Å². The van der Waals surface area contributed by atoms with Crippen LogP contribution in [0.1, 0.15) is 35.2 Å². The van der Waals surface area contributed by atoms with Gasteiger partial charge in [-0.2, -0.15) is 4.80 Å². The van der Waals surface area contributed by atoms with Gasteiger partial charge in [0.2, 0.25) is 11.7 Å². The van der Waals surface area contributed by atoms with Crippen LogP contribution in [0, 0.1) is 20.8 Å². The Morgan fingerprint density at radius 3 is 2.58 bits per heavy atom. The van der Waals surface area contributed by atoms with Crippen molar-refractivity contribution in [1.82, 2.24) is 25.5 Å². The molecule has 0 spiro atoms. The van der Waals surface area contributed by atoms with Gasteiger partial charge in [0.05, 0.1) is 6.04 Å². The molecule has 6 heteroatoms.